The molecule has 1 aromatic rings. The minimum absolute atomic E-state index is 0.197. The number of rotatable bonds is 3. The van der Waals surface area contributed by atoms with Crippen molar-refractivity contribution in [2.75, 3.05) is 11.9 Å². The molecule has 0 spiro atoms. The van der Waals surface area contributed by atoms with Crippen molar-refractivity contribution in [1.82, 2.24) is 4.98 Å². The zero-order valence-corrected chi connectivity index (χ0v) is 8.40. The molecule has 4 nitrogen and oxygen atoms in total. The minimum atomic E-state index is -0.959. The quantitative estimate of drug-likeness (QED) is 0.736. The van der Waals surface area contributed by atoms with Crippen LogP contribution in [-0.2, 0) is 21.8 Å². The van der Waals surface area contributed by atoms with E-state index in [1.54, 1.807) is 12.6 Å². The second kappa shape index (κ2) is 3.84. The average molecular weight is 220 g/mol. The van der Waals surface area contributed by atoms with Crippen LogP contribution in [0, 0.1) is 6.20 Å². The monoisotopic (exact) mass is 220 g/mol. The number of aliphatic carboxylic acids is 1. The molecule has 0 aliphatic rings. The maximum absolute atomic E-state index is 10.5. The topological polar surface area (TPSA) is 53.4 Å². The van der Waals surface area contributed by atoms with E-state index in [0.29, 0.717) is 5.00 Å². The maximum atomic E-state index is 10.5. The number of aromatic nitrogens is 1. The fraction of sp³-hybridized carbons (Fsp3) is 0.167. The third kappa shape index (κ3) is 1.94. The molecule has 12 heavy (non-hydrogen) atoms. The van der Waals surface area contributed by atoms with Crippen LogP contribution in [0.1, 0.15) is 0 Å². The van der Waals surface area contributed by atoms with Crippen LogP contribution in [0.5, 0.6) is 0 Å². The number of carboxylic acid groups (broad SMARTS) is 1. The summed E-state index contributed by atoms with van der Waals surface area (Å²) in [7, 11) is 1.66. The average Bonchev–Trinajstić information content (AvgIpc) is 2.53. The molecule has 0 saturated heterocycles. The standard InChI is InChI=1S/C6H5N2O2S.V/c1-8(3-6(9)10)5-2-7-4-11-5;/h4H,1H3,(H,9,10);/q-1;. The van der Waals surface area contributed by atoms with Gasteiger partial charge in [0.05, 0.1) is 0 Å². The van der Waals surface area contributed by atoms with Crippen molar-refractivity contribution in [2.45, 2.75) is 0 Å². The van der Waals surface area contributed by atoms with Crippen LogP contribution in [0.4, 0.5) is 5.00 Å². The molecule has 1 N–H and O–H groups in total. The Hall–Kier alpha value is -0.646. The Balaban J connectivity index is 2.79. The van der Waals surface area contributed by atoms with E-state index in [9.17, 15) is 4.79 Å². The van der Waals surface area contributed by atoms with E-state index < -0.39 is 5.97 Å². The summed E-state index contributed by atoms with van der Waals surface area (Å²) in [6.07, 6.45) is 2.67. The first-order valence-electron chi connectivity index (χ1n) is 2.97. The van der Waals surface area contributed by atoms with Gasteiger partial charge in [-0.3, -0.25) is 0 Å². The van der Waals surface area contributed by atoms with Gasteiger partial charge in [-0.15, -0.1) is 0 Å². The number of hydrogen-bond donors (Lipinski definition) is 1. The molecule has 6 heteroatoms. The van der Waals surface area contributed by atoms with Gasteiger partial charge in [-0.1, -0.05) is 0 Å². The number of anilines is 1. The van der Waals surface area contributed by atoms with Crippen molar-refractivity contribution in [3.8, 4) is 0 Å². The number of hydrogen-bond acceptors (Lipinski definition) is 4. The van der Waals surface area contributed by atoms with Gasteiger partial charge in [0, 0.05) is 0 Å². The van der Waals surface area contributed by atoms with E-state index in [-0.39, 0.29) is 4.35 Å². The zero-order chi connectivity index (χ0) is 9.14. The van der Waals surface area contributed by atoms with Crippen molar-refractivity contribution >= 4 is 26.7 Å². The fourth-order valence-electron chi connectivity index (χ4n) is 0.578. The molecular formula is C6H5N2O2SV-. The molecule has 0 atom stereocenters. The molecule has 0 saturated carbocycles. The van der Waals surface area contributed by atoms with Crippen LogP contribution in [0.15, 0.2) is 5.51 Å². The Kier molecular flexibility index (Phi) is 3.02. The van der Waals surface area contributed by atoms with Gasteiger partial charge >= 0.3 is 82.2 Å². The third-order valence-corrected chi connectivity index (χ3v) is 2.76. The summed E-state index contributed by atoms with van der Waals surface area (Å²) < 4.78 is 0.197. The fourth-order valence-corrected chi connectivity index (χ4v) is 1.40. The third-order valence-electron chi connectivity index (χ3n) is 1.19. The van der Waals surface area contributed by atoms with Gasteiger partial charge in [0.25, 0.3) is 0 Å². The molecule has 0 fully saturated rings. The summed E-state index contributed by atoms with van der Waals surface area (Å²) >= 11 is 3.34. The van der Waals surface area contributed by atoms with Crippen LogP contribution in [-0.4, -0.2) is 27.5 Å². The number of carboxylic acids is 1. The van der Waals surface area contributed by atoms with Crippen LogP contribution in [0.2, 0.25) is 0 Å². The second-order valence-corrected chi connectivity index (χ2v) is 3.45. The Morgan fingerprint density at radius 2 is 2.58 bits per heavy atom. The summed E-state index contributed by atoms with van der Waals surface area (Å²) in [6, 6.07) is 0. The summed E-state index contributed by atoms with van der Waals surface area (Å²) in [4.78, 5) is 15.7. The van der Waals surface area contributed by atoms with E-state index in [2.05, 4.69) is 11.2 Å². The van der Waals surface area contributed by atoms with Gasteiger partial charge in [0.1, 0.15) is 0 Å². The van der Waals surface area contributed by atoms with Crippen molar-refractivity contribution in [2.24, 2.45) is 0 Å². The molecule has 0 amide bonds. The summed E-state index contributed by atoms with van der Waals surface area (Å²) in [6.45, 7) is 0. The first-order chi connectivity index (χ1) is 5.63. The Bertz CT molecular complexity index is 299. The van der Waals surface area contributed by atoms with Gasteiger partial charge < -0.3 is 0 Å². The molecule has 0 radical (unpaired) electrons. The van der Waals surface area contributed by atoms with Crippen LogP contribution >= 0.6 is 11.3 Å². The summed E-state index contributed by atoms with van der Waals surface area (Å²) in [5, 5.41) is 9.32. The van der Waals surface area contributed by atoms with Gasteiger partial charge in [0.2, 0.25) is 0 Å². The van der Waals surface area contributed by atoms with E-state index >= 15 is 0 Å². The van der Waals surface area contributed by atoms with Crippen molar-refractivity contribution in [3.05, 3.63) is 11.7 Å². The number of carbonyl (C=O) groups is 1. The molecule has 1 aromatic heterocycles. The Labute approximate surface area is 82.3 Å². The molecule has 0 aliphatic carbocycles. The van der Waals surface area contributed by atoms with E-state index in [1.807, 2.05) is 17.0 Å². The van der Waals surface area contributed by atoms with Crippen LogP contribution in [0.3, 0.4) is 0 Å². The Morgan fingerprint density at radius 1 is 1.92 bits per heavy atom. The van der Waals surface area contributed by atoms with Gasteiger partial charge in [-0.2, -0.15) is 0 Å². The second-order valence-electron chi connectivity index (χ2n) is 1.96. The molecule has 0 unspecified atom stereocenters. The van der Waals surface area contributed by atoms with E-state index in [1.165, 1.54) is 16.2 Å². The van der Waals surface area contributed by atoms with Crippen molar-refractivity contribution in [3.63, 3.8) is 0 Å². The van der Waals surface area contributed by atoms with E-state index in [0.717, 1.165) is 0 Å². The first-order valence-corrected chi connectivity index (χ1v) is 4.55. The molecule has 0 aromatic carbocycles. The van der Waals surface area contributed by atoms with Gasteiger partial charge in [-0.05, 0) is 0 Å². The Morgan fingerprint density at radius 3 is 3.00 bits per heavy atom. The van der Waals surface area contributed by atoms with Gasteiger partial charge in [-0.25, -0.2) is 0 Å². The van der Waals surface area contributed by atoms with E-state index in [4.69, 9.17) is 5.11 Å². The molecule has 63 valence electrons. The van der Waals surface area contributed by atoms with Gasteiger partial charge in [0.15, 0.2) is 0 Å². The number of thiazole rings is 1. The van der Waals surface area contributed by atoms with Crippen molar-refractivity contribution in [1.29, 1.82) is 0 Å². The molecule has 1 rings (SSSR count). The SMILES string of the molecule is CN([C](=[V])C(=O)O)c1[c-]ncs1. The van der Waals surface area contributed by atoms with Crippen LogP contribution < -0.4 is 4.90 Å². The van der Waals surface area contributed by atoms with Crippen LogP contribution in [0.25, 0.3) is 0 Å². The summed E-state index contributed by atoms with van der Waals surface area (Å²) in [5.41, 5.74) is 1.61. The molecule has 0 bridgehead atoms. The van der Waals surface area contributed by atoms with Crippen molar-refractivity contribution < 1.29 is 26.9 Å². The summed E-state index contributed by atoms with van der Waals surface area (Å²) in [5.74, 6) is -0.959. The predicted octanol–water partition coefficient (Wildman–Crippen LogP) is 0.141. The molecule has 0 aliphatic heterocycles. The normalized spacial score (nSPS) is 9.33. The number of nitrogens with zero attached hydrogens (tertiary/aromatic N) is 2. The first kappa shape index (κ1) is 9.44. The molecule has 1 heterocycles. The predicted molar refractivity (Wildman–Crippen MR) is 42.0 cm³/mol. The number of likely N-dealkylation sites (N-methyl/N-ethyl adjacent to an activating group) is 1. The zero-order valence-electron chi connectivity index (χ0n) is 6.18. The molecular weight excluding hydrogens is 215 g/mol.